The van der Waals surface area contributed by atoms with Gasteiger partial charge in [-0.3, -0.25) is 10.1 Å². The van der Waals surface area contributed by atoms with Crippen molar-refractivity contribution in [2.24, 2.45) is 5.73 Å². The van der Waals surface area contributed by atoms with E-state index in [2.05, 4.69) is 5.32 Å². The highest BCUT2D eigenvalue weighted by Crippen LogP contribution is 2.27. The van der Waals surface area contributed by atoms with Gasteiger partial charge in [0.25, 0.3) is 0 Å². The molecule has 0 fully saturated rings. The van der Waals surface area contributed by atoms with Crippen LogP contribution in [-0.2, 0) is 10.2 Å². The highest BCUT2D eigenvalue weighted by molar-refractivity contribution is 5.67. The smallest absolute Gasteiger partial charge is 0.407 e. The Labute approximate surface area is 134 Å². The third-order valence-corrected chi connectivity index (χ3v) is 3.31. The molecule has 3 N–H and O–H groups in total. The Hall–Kier alpha value is -2.22. The fraction of sp³-hybridized carbons (Fsp3) is 0.533. The van der Waals surface area contributed by atoms with Gasteiger partial charge >= 0.3 is 11.8 Å². The maximum atomic E-state index is 13.4. The van der Waals surface area contributed by atoms with E-state index in [1.54, 1.807) is 27.7 Å². The van der Waals surface area contributed by atoms with Gasteiger partial charge in [-0.2, -0.15) is 4.39 Å². The molecule has 7 nitrogen and oxygen atoms in total. The summed E-state index contributed by atoms with van der Waals surface area (Å²) >= 11 is 0. The van der Waals surface area contributed by atoms with Crippen LogP contribution >= 0.6 is 0 Å². The Bertz CT molecular complexity index is 601. The number of carbonyl (C=O) groups excluding carboxylic acids is 1. The van der Waals surface area contributed by atoms with E-state index < -0.39 is 33.5 Å². The fourth-order valence-electron chi connectivity index (χ4n) is 1.90. The second-order valence-corrected chi connectivity index (χ2v) is 6.54. The molecule has 1 atom stereocenters. The van der Waals surface area contributed by atoms with Gasteiger partial charge in [-0.15, -0.1) is 0 Å². The van der Waals surface area contributed by atoms with Gasteiger partial charge in [0.15, 0.2) is 0 Å². The monoisotopic (exact) mass is 327 g/mol. The van der Waals surface area contributed by atoms with Crippen molar-refractivity contribution in [2.75, 3.05) is 13.1 Å². The summed E-state index contributed by atoms with van der Waals surface area (Å²) in [5.41, 5.74) is 4.16. The SMILES string of the molecule is CC(C)(C)OC(=O)NCC(C)(CN)c1ccc(F)c([N+](=O)[O-])c1. The van der Waals surface area contributed by atoms with Crippen LogP contribution in [0.3, 0.4) is 0 Å². The lowest BCUT2D eigenvalue weighted by atomic mass is 9.82. The lowest BCUT2D eigenvalue weighted by Gasteiger charge is -2.29. The van der Waals surface area contributed by atoms with E-state index in [4.69, 9.17) is 10.5 Å². The summed E-state index contributed by atoms with van der Waals surface area (Å²) in [5, 5.41) is 13.4. The highest BCUT2D eigenvalue weighted by Gasteiger charge is 2.29. The number of benzene rings is 1. The van der Waals surface area contributed by atoms with E-state index in [-0.39, 0.29) is 13.1 Å². The van der Waals surface area contributed by atoms with Crippen LogP contribution in [0.1, 0.15) is 33.3 Å². The van der Waals surface area contributed by atoms with Crippen LogP contribution in [0.25, 0.3) is 0 Å². The van der Waals surface area contributed by atoms with Crippen LogP contribution in [0.4, 0.5) is 14.9 Å². The molecule has 0 saturated heterocycles. The van der Waals surface area contributed by atoms with Gasteiger partial charge in [0.1, 0.15) is 5.60 Å². The van der Waals surface area contributed by atoms with Crippen molar-refractivity contribution < 1.29 is 18.8 Å². The first-order valence-corrected chi connectivity index (χ1v) is 7.10. The van der Waals surface area contributed by atoms with Crippen LogP contribution in [-0.4, -0.2) is 29.7 Å². The zero-order valence-electron chi connectivity index (χ0n) is 13.7. The number of rotatable bonds is 5. The van der Waals surface area contributed by atoms with Gasteiger partial charge in [0.2, 0.25) is 5.82 Å². The van der Waals surface area contributed by atoms with Crippen LogP contribution in [0, 0.1) is 15.9 Å². The molecular weight excluding hydrogens is 305 g/mol. The molecule has 0 spiro atoms. The second kappa shape index (κ2) is 6.91. The lowest BCUT2D eigenvalue weighted by Crippen LogP contribution is -2.45. The fourth-order valence-corrected chi connectivity index (χ4v) is 1.90. The first-order valence-electron chi connectivity index (χ1n) is 7.10. The summed E-state index contributed by atoms with van der Waals surface area (Å²) in [4.78, 5) is 21.8. The number of ether oxygens (including phenoxy) is 1. The first-order chi connectivity index (χ1) is 10.5. The first kappa shape index (κ1) is 18.8. The number of hydrogen-bond donors (Lipinski definition) is 2. The minimum absolute atomic E-state index is 0.0984. The minimum atomic E-state index is -0.918. The number of nitrogens with zero attached hydrogens (tertiary/aromatic N) is 1. The van der Waals surface area contributed by atoms with Gasteiger partial charge in [0, 0.05) is 24.6 Å². The van der Waals surface area contributed by atoms with Crippen molar-refractivity contribution in [3.05, 3.63) is 39.7 Å². The molecule has 0 aliphatic heterocycles. The molecule has 0 aliphatic carbocycles. The van der Waals surface area contributed by atoms with Gasteiger partial charge in [0.05, 0.1) is 4.92 Å². The topological polar surface area (TPSA) is 107 Å². The van der Waals surface area contributed by atoms with Gasteiger partial charge in [-0.05, 0) is 32.4 Å². The highest BCUT2D eigenvalue weighted by atomic mass is 19.1. The lowest BCUT2D eigenvalue weighted by molar-refractivity contribution is -0.387. The van der Waals surface area contributed by atoms with Gasteiger partial charge in [-0.25, -0.2) is 4.79 Å². The van der Waals surface area contributed by atoms with Crippen molar-refractivity contribution in [1.82, 2.24) is 5.32 Å². The van der Waals surface area contributed by atoms with Crippen molar-refractivity contribution in [3.63, 3.8) is 0 Å². The van der Waals surface area contributed by atoms with Crippen LogP contribution < -0.4 is 11.1 Å². The van der Waals surface area contributed by atoms with Crippen molar-refractivity contribution in [2.45, 2.75) is 38.7 Å². The molecule has 0 aliphatic rings. The zero-order chi connectivity index (χ0) is 17.8. The van der Waals surface area contributed by atoms with Crippen molar-refractivity contribution >= 4 is 11.8 Å². The summed E-state index contributed by atoms with van der Waals surface area (Å²) < 4.78 is 18.6. The summed E-state index contributed by atoms with van der Waals surface area (Å²) in [6.07, 6.45) is -0.617. The number of hydrogen-bond acceptors (Lipinski definition) is 5. The zero-order valence-corrected chi connectivity index (χ0v) is 13.7. The molecule has 128 valence electrons. The maximum Gasteiger partial charge on any atom is 0.407 e. The minimum Gasteiger partial charge on any atom is -0.444 e. The van der Waals surface area contributed by atoms with Crippen LogP contribution in [0.15, 0.2) is 18.2 Å². The summed E-state index contributed by atoms with van der Waals surface area (Å²) in [7, 11) is 0. The molecule has 1 aromatic rings. The molecule has 1 amide bonds. The number of amides is 1. The molecule has 1 unspecified atom stereocenters. The molecule has 0 radical (unpaired) electrons. The normalized spacial score (nSPS) is 14.0. The van der Waals surface area contributed by atoms with Crippen LogP contribution in [0.2, 0.25) is 0 Å². The largest absolute Gasteiger partial charge is 0.444 e. The molecule has 0 aromatic heterocycles. The van der Waals surface area contributed by atoms with E-state index in [0.717, 1.165) is 12.1 Å². The van der Waals surface area contributed by atoms with Crippen LogP contribution in [0.5, 0.6) is 0 Å². The molecule has 23 heavy (non-hydrogen) atoms. The number of carbonyl (C=O) groups is 1. The second-order valence-electron chi connectivity index (χ2n) is 6.54. The molecule has 1 aromatic carbocycles. The van der Waals surface area contributed by atoms with Gasteiger partial charge < -0.3 is 15.8 Å². The summed E-state index contributed by atoms with van der Waals surface area (Å²) in [6, 6.07) is 3.58. The molecule has 0 bridgehead atoms. The maximum absolute atomic E-state index is 13.4. The Balaban J connectivity index is 2.95. The van der Waals surface area contributed by atoms with Gasteiger partial charge in [-0.1, -0.05) is 13.0 Å². The summed E-state index contributed by atoms with van der Waals surface area (Å²) in [5.74, 6) is -0.918. The predicted octanol–water partition coefficient (Wildman–Crippen LogP) is 2.48. The Morgan fingerprint density at radius 1 is 1.39 bits per heavy atom. The van der Waals surface area contributed by atoms with E-state index in [0.29, 0.717) is 5.56 Å². The Morgan fingerprint density at radius 2 is 2.00 bits per heavy atom. The predicted molar refractivity (Wildman–Crippen MR) is 83.7 cm³/mol. The van der Waals surface area contributed by atoms with E-state index in [9.17, 15) is 19.3 Å². The average molecular weight is 327 g/mol. The molecule has 8 heteroatoms. The Morgan fingerprint density at radius 3 is 2.48 bits per heavy atom. The Kier molecular flexibility index (Phi) is 5.65. The third kappa shape index (κ3) is 5.17. The quantitative estimate of drug-likeness (QED) is 0.638. The molecule has 1 rings (SSSR count). The number of nitrogens with two attached hydrogens (primary N) is 1. The average Bonchev–Trinajstić information content (AvgIpc) is 2.43. The number of halogens is 1. The number of alkyl carbamates (subject to hydrolysis) is 1. The number of nitro benzene ring substituents is 1. The van der Waals surface area contributed by atoms with E-state index in [1.165, 1.54) is 6.07 Å². The standard InChI is InChI=1S/C15H22FN3O4/c1-14(2,3)23-13(20)18-9-15(4,8-17)10-5-6-11(16)12(7-10)19(21)22/h5-7H,8-9,17H2,1-4H3,(H,18,20). The van der Waals surface area contributed by atoms with E-state index in [1.807, 2.05) is 0 Å². The molecular formula is C15H22FN3O4. The summed E-state index contributed by atoms with van der Waals surface area (Å²) in [6.45, 7) is 7.13. The molecule has 0 saturated carbocycles. The third-order valence-electron chi connectivity index (χ3n) is 3.31. The molecule has 0 heterocycles. The van der Waals surface area contributed by atoms with Crippen molar-refractivity contribution in [3.8, 4) is 0 Å². The van der Waals surface area contributed by atoms with Crippen molar-refractivity contribution in [1.29, 1.82) is 0 Å². The van der Waals surface area contributed by atoms with E-state index >= 15 is 0 Å². The number of nitro groups is 1. The number of nitrogens with one attached hydrogen (secondary N) is 1.